The maximum Gasteiger partial charge on any atom is 0.145 e. The van der Waals surface area contributed by atoms with E-state index in [1.807, 2.05) is 12.4 Å². The molecule has 4 heterocycles. The molecule has 0 fully saturated rings. The topological polar surface area (TPSA) is 35.1 Å². The fourth-order valence-electron chi connectivity index (χ4n) is 6.04. The number of fused-ring (bicyclic) bond motifs is 9. The third kappa shape index (κ3) is 2.97. The number of pyridine rings is 2. The number of imidazole rings is 1. The Morgan fingerprint density at radius 2 is 1.24 bits per heavy atom. The minimum absolute atomic E-state index is 0.943. The second kappa shape index (κ2) is 8.02. The van der Waals surface area contributed by atoms with Crippen molar-refractivity contribution in [2.45, 2.75) is 13.5 Å². The lowest BCUT2D eigenvalue weighted by Crippen LogP contribution is -1.93. The van der Waals surface area contributed by atoms with Gasteiger partial charge >= 0.3 is 0 Å². The third-order valence-electron chi connectivity index (χ3n) is 7.78. The molecule has 0 unspecified atom stereocenters. The molecule has 0 aliphatic rings. The Morgan fingerprint density at radius 3 is 2.03 bits per heavy atom. The summed E-state index contributed by atoms with van der Waals surface area (Å²) in [6, 6.07) is 36.8. The van der Waals surface area contributed by atoms with Gasteiger partial charge in [-0.3, -0.25) is 4.40 Å². The van der Waals surface area contributed by atoms with Crippen LogP contribution in [0.3, 0.4) is 0 Å². The van der Waals surface area contributed by atoms with Gasteiger partial charge in [-0.1, -0.05) is 54.6 Å². The summed E-state index contributed by atoms with van der Waals surface area (Å²) < 4.78 is 4.55. The van der Waals surface area contributed by atoms with Crippen LogP contribution >= 0.6 is 0 Å². The van der Waals surface area contributed by atoms with Crippen LogP contribution < -0.4 is 0 Å². The van der Waals surface area contributed by atoms with E-state index in [2.05, 4.69) is 124 Å². The first-order chi connectivity index (χ1) is 18.8. The molecule has 0 spiro atoms. The lowest BCUT2D eigenvalue weighted by Gasteiger charge is -2.11. The molecule has 8 rings (SSSR count). The van der Waals surface area contributed by atoms with E-state index >= 15 is 0 Å². The number of rotatable bonds is 3. The minimum atomic E-state index is 0.943. The molecule has 0 saturated carbocycles. The minimum Gasteiger partial charge on any atom is -0.341 e. The van der Waals surface area contributed by atoms with E-state index in [1.165, 1.54) is 32.6 Å². The fraction of sp³-hybridized carbons (Fsp3) is 0.0588. The van der Waals surface area contributed by atoms with Crippen molar-refractivity contribution in [3.8, 4) is 22.5 Å². The van der Waals surface area contributed by atoms with Crippen molar-refractivity contribution in [2.24, 2.45) is 0 Å². The molecule has 0 N–H and O–H groups in total. The Hall–Kier alpha value is -4.96. The number of benzene rings is 4. The highest BCUT2D eigenvalue weighted by Crippen LogP contribution is 2.35. The average Bonchev–Trinajstić information content (AvgIpc) is 3.60. The van der Waals surface area contributed by atoms with Crippen molar-refractivity contribution >= 4 is 49.1 Å². The van der Waals surface area contributed by atoms with Crippen molar-refractivity contribution in [1.29, 1.82) is 0 Å². The summed E-state index contributed by atoms with van der Waals surface area (Å²) in [6.45, 7) is 3.15. The van der Waals surface area contributed by atoms with E-state index in [-0.39, 0.29) is 0 Å². The van der Waals surface area contributed by atoms with Crippen molar-refractivity contribution in [3.05, 3.63) is 116 Å². The second-order valence-corrected chi connectivity index (χ2v) is 9.80. The number of aromatic nitrogens is 4. The van der Waals surface area contributed by atoms with Crippen LogP contribution in [0.5, 0.6) is 0 Å². The molecule has 0 atom stereocenters. The van der Waals surface area contributed by atoms with Gasteiger partial charge in [-0.2, -0.15) is 0 Å². The molecule has 0 bridgehead atoms. The Labute approximate surface area is 219 Å². The second-order valence-electron chi connectivity index (χ2n) is 9.80. The molecule has 8 aromatic rings. The fourth-order valence-corrected chi connectivity index (χ4v) is 6.04. The number of hydrogen-bond donors (Lipinski definition) is 0. The molecular weight excluding hydrogens is 464 g/mol. The van der Waals surface area contributed by atoms with Gasteiger partial charge in [-0.25, -0.2) is 9.97 Å². The molecule has 0 aliphatic heterocycles. The number of nitrogens with zero attached hydrogens (tertiary/aromatic N) is 4. The van der Waals surface area contributed by atoms with Crippen LogP contribution in [0.25, 0.3) is 71.6 Å². The lowest BCUT2D eigenvalue weighted by atomic mass is 10.0. The monoisotopic (exact) mass is 488 g/mol. The Bertz CT molecular complexity index is 2180. The quantitative estimate of drug-likeness (QED) is 0.234. The van der Waals surface area contributed by atoms with E-state index in [9.17, 15) is 0 Å². The van der Waals surface area contributed by atoms with E-state index in [4.69, 9.17) is 4.98 Å². The maximum atomic E-state index is 5.14. The number of aryl methyl sites for hydroxylation is 1. The van der Waals surface area contributed by atoms with Gasteiger partial charge < -0.3 is 4.57 Å². The molecule has 38 heavy (non-hydrogen) atoms. The predicted octanol–water partition coefficient (Wildman–Crippen LogP) is 8.50. The number of para-hydroxylation sites is 2. The summed E-state index contributed by atoms with van der Waals surface area (Å²) in [6.07, 6.45) is 3.90. The van der Waals surface area contributed by atoms with Crippen LogP contribution in [0.2, 0.25) is 0 Å². The first-order valence-corrected chi connectivity index (χ1v) is 13.1. The van der Waals surface area contributed by atoms with Gasteiger partial charge in [0.1, 0.15) is 5.65 Å². The van der Waals surface area contributed by atoms with Crippen LogP contribution in [-0.2, 0) is 6.54 Å². The van der Waals surface area contributed by atoms with E-state index in [1.54, 1.807) is 0 Å². The van der Waals surface area contributed by atoms with Crippen molar-refractivity contribution in [3.63, 3.8) is 0 Å². The van der Waals surface area contributed by atoms with Crippen molar-refractivity contribution < 1.29 is 0 Å². The summed E-state index contributed by atoms with van der Waals surface area (Å²) in [4.78, 5) is 9.79. The van der Waals surface area contributed by atoms with E-state index in [0.717, 1.165) is 45.6 Å². The zero-order valence-corrected chi connectivity index (χ0v) is 21.0. The summed E-state index contributed by atoms with van der Waals surface area (Å²) in [5.41, 5.74) is 8.85. The first-order valence-electron chi connectivity index (χ1n) is 13.1. The number of hydrogen-bond acceptors (Lipinski definition) is 2. The van der Waals surface area contributed by atoms with Crippen LogP contribution in [0.15, 0.2) is 116 Å². The molecular formula is C34H24N4. The summed E-state index contributed by atoms with van der Waals surface area (Å²) in [5.74, 6) is 0. The van der Waals surface area contributed by atoms with Gasteiger partial charge in [0.15, 0.2) is 0 Å². The molecule has 0 aliphatic carbocycles. The molecule has 4 aromatic heterocycles. The molecule has 4 heteroatoms. The highest BCUT2D eigenvalue weighted by molar-refractivity contribution is 6.13. The highest BCUT2D eigenvalue weighted by Gasteiger charge is 2.13. The summed E-state index contributed by atoms with van der Waals surface area (Å²) in [5, 5.41) is 6.11. The van der Waals surface area contributed by atoms with Crippen LogP contribution in [-0.4, -0.2) is 18.9 Å². The van der Waals surface area contributed by atoms with Crippen LogP contribution in [0.4, 0.5) is 0 Å². The zero-order valence-electron chi connectivity index (χ0n) is 21.0. The normalized spacial score (nSPS) is 11.9. The van der Waals surface area contributed by atoms with Crippen molar-refractivity contribution in [2.75, 3.05) is 0 Å². The molecule has 0 radical (unpaired) electrons. The third-order valence-corrected chi connectivity index (χ3v) is 7.78. The smallest absolute Gasteiger partial charge is 0.145 e. The zero-order chi connectivity index (χ0) is 25.2. The summed E-state index contributed by atoms with van der Waals surface area (Å²) in [7, 11) is 0. The van der Waals surface area contributed by atoms with Crippen LogP contribution in [0.1, 0.15) is 6.92 Å². The average molecular weight is 489 g/mol. The van der Waals surface area contributed by atoms with Gasteiger partial charge in [-0.15, -0.1) is 0 Å². The molecule has 0 saturated heterocycles. The largest absolute Gasteiger partial charge is 0.341 e. The molecule has 180 valence electrons. The first kappa shape index (κ1) is 21.2. The summed E-state index contributed by atoms with van der Waals surface area (Å²) >= 11 is 0. The Balaban J connectivity index is 1.30. The van der Waals surface area contributed by atoms with Gasteiger partial charge in [-0.05, 0) is 60.8 Å². The van der Waals surface area contributed by atoms with Gasteiger partial charge in [0.05, 0.1) is 16.9 Å². The van der Waals surface area contributed by atoms with E-state index in [0.29, 0.717) is 0 Å². The van der Waals surface area contributed by atoms with Gasteiger partial charge in [0.2, 0.25) is 0 Å². The Kier molecular flexibility index (Phi) is 4.47. The lowest BCUT2D eigenvalue weighted by molar-refractivity contribution is 0.827. The van der Waals surface area contributed by atoms with E-state index < -0.39 is 0 Å². The van der Waals surface area contributed by atoms with Gasteiger partial charge in [0, 0.05) is 62.6 Å². The Morgan fingerprint density at radius 1 is 0.579 bits per heavy atom. The van der Waals surface area contributed by atoms with Crippen molar-refractivity contribution in [1.82, 2.24) is 18.9 Å². The maximum absolute atomic E-state index is 5.14. The highest BCUT2D eigenvalue weighted by atomic mass is 15.0. The molecule has 4 nitrogen and oxygen atoms in total. The SMILES string of the molecule is CCn1c2ccccc2c2cc(-c3cccc(-c4ccc5c(c4)c4ccccc4n4ccnc54)n3)ccc21. The molecule has 0 amide bonds. The van der Waals surface area contributed by atoms with Crippen LogP contribution in [0, 0.1) is 0 Å². The van der Waals surface area contributed by atoms with Gasteiger partial charge in [0.25, 0.3) is 0 Å². The standard InChI is InChI=1S/C34H24N4/c1-2-37-31-12-5-4-9-25(31)28-21-23(15-17-33(28)37)30-11-7-10-29(36-30)22-14-16-26-27(20-22)24-8-3-6-13-32(24)38-19-18-35-34(26)38/h3-21H,2H2,1H3. The predicted molar refractivity (Wildman–Crippen MR) is 158 cm³/mol. The molecule has 4 aromatic carbocycles.